The number of carbonyl (C=O) groups excluding carboxylic acids is 2. The normalized spacial score (nSPS) is 11.9. The summed E-state index contributed by atoms with van der Waals surface area (Å²) in [4.78, 5) is 62.9. The number of carboxylic acid groups (broad SMARTS) is 1. The van der Waals surface area contributed by atoms with Crippen LogP contribution >= 0.6 is 0 Å². The van der Waals surface area contributed by atoms with Gasteiger partial charge in [-0.3, -0.25) is 19.4 Å². The number of aliphatic carboxylic acids is 1. The fourth-order valence-electron chi connectivity index (χ4n) is 3.80. The zero-order valence-corrected chi connectivity index (χ0v) is 26.3. The van der Waals surface area contributed by atoms with E-state index in [4.69, 9.17) is 19.9 Å². The van der Waals surface area contributed by atoms with Crippen molar-refractivity contribution in [2.45, 2.75) is 45.6 Å². The van der Waals surface area contributed by atoms with Crippen molar-refractivity contribution in [3.8, 4) is 0 Å². The number of aromatic nitrogens is 2. The summed E-state index contributed by atoms with van der Waals surface area (Å²) in [5.74, 6) is -2.29. The molecule has 2 aromatic rings. The quantitative estimate of drug-likeness (QED) is 0.0754. The summed E-state index contributed by atoms with van der Waals surface area (Å²) in [6.45, 7) is 10.5. The van der Waals surface area contributed by atoms with Crippen LogP contribution in [0.1, 0.15) is 49.9 Å². The lowest BCUT2D eigenvalue weighted by Crippen LogP contribution is -2.41. The molecule has 0 aliphatic heterocycles. The zero-order chi connectivity index (χ0) is 33.7. The predicted octanol–water partition coefficient (Wildman–Crippen LogP) is 1.82. The van der Waals surface area contributed by atoms with Gasteiger partial charge in [-0.1, -0.05) is 13.3 Å². The fraction of sp³-hybridized carbons (Fsp3) is 0.500. The maximum absolute atomic E-state index is 12.7. The van der Waals surface area contributed by atoms with Crippen molar-refractivity contribution in [2.24, 2.45) is 9.98 Å². The molecule has 0 aliphatic rings. The number of ether oxygens (including phenoxy) is 3. The molecule has 1 aromatic carbocycles. The van der Waals surface area contributed by atoms with Gasteiger partial charge < -0.3 is 41.0 Å². The van der Waals surface area contributed by atoms with E-state index in [9.17, 15) is 24.3 Å². The van der Waals surface area contributed by atoms with Crippen molar-refractivity contribution in [1.29, 1.82) is 0 Å². The van der Waals surface area contributed by atoms with Crippen molar-refractivity contribution in [2.75, 3.05) is 63.8 Å². The molecule has 252 valence electrons. The minimum atomic E-state index is -1.25. The molecule has 0 saturated carbocycles. The summed E-state index contributed by atoms with van der Waals surface area (Å²) in [6, 6.07) is 5.07. The molecule has 1 unspecified atom stereocenters. The second-order valence-electron chi connectivity index (χ2n) is 10.0. The maximum atomic E-state index is 12.7. The minimum absolute atomic E-state index is 0.0122. The van der Waals surface area contributed by atoms with Crippen LogP contribution < -0.4 is 27.2 Å². The van der Waals surface area contributed by atoms with E-state index in [1.165, 1.54) is 12.1 Å². The average Bonchev–Trinajstić information content (AvgIpc) is 3.03. The van der Waals surface area contributed by atoms with Crippen LogP contribution in [0.25, 0.3) is 0 Å². The third kappa shape index (κ3) is 14.4. The monoisotopic (exact) mass is 644 g/mol. The molecule has 16 nitrogen and oxygen atoms in total. The van der Waals surface area contributed by atoms with Gasteiger partial charge in [-0.05, 0) is 50.7 Å². The number of H-pyrrole nitrogens is 1. The van der Waals surface area contributed by atoms with Crippen LogP contribution in [0.2, 0.25) is 0 Å². The molecule has 1 aromatic heterocycles. The number of unbranched alkanes of at least 4 members (excludes halogenated alkanes) is 1. The first kappa shape index (κ1) is 37.5. The number of anilines is 2. The first-order valence-electron chi connectivity index (χ1n) is 14.9. The number of benzene rings is 1. The summed E-state index contributed by atoms with van der Waals surface area (Å²) in [7, 11) is 0. The van der Waals surface area contributed by atoms with E-state index in [1.807, 2.05) is 0 Å². The first-order chi connectivity index (χ1) is 22.1. The van der Waals surface area contributed by atoms with Crippen LogP contribution in [0.15, 0.2) is 39.0 Å². The number of hydrogen-bond donors (Lipinski definition) is 6. The highest BCUT2D eigenvalue weighted by Crippen LogP contribution is 2.20. The Bertz CT molecular complexity index is 1360. The van der Waals surface area contributed by atoms with Gasteiger partial charge >= 0.3 is 5.97 Å². The molecule has 0 saturated heterocycles. The summed E-state index contributed by atoms with van der Waals surface area (Å²) >= 11 is 0. The van der Waals surface area contributed by atoms with Crippen molar-refractivity contribution in [3.05, 3.63) is 40.2 Å². The van der Waals surface area contributed by atoms with Gasteiger partial charge in [-0.25, -0.2) is 14.8 Å². The van der Waals surface area contributed by atoms with Crippen LogP contribution in [0.3, 0.4) is 0 Å². The number of rotatable bonds is 23. The predicted molar refractivity (Wildman–Crippen MR) is 175 cm³/mol. The molecule has 0 spiro atoms. The molecule has 46 heavy (non-hydrogen) atoms. The van der Waals surface area contributed by atoms with Crippen LogP contribution in [0, 0.1) is 0 Å². The van der Waals surface area contributed by atoms with Crippen molar-refractivity contribution >= 4 is 53.4 Å². The first-order valence-corrected chi connectivity index (χ1v) is 14.9. The SMILES string of the molecule is C=Nc1nc(N)[nH]c(=O)c1/N=C(\C)CNc1ccc(C(=O)NC(CCC(=O)NCCOCCOCCOCCCC)C(=O)O)cc1. The highest BCUT2D eigenvalue weighted by atomic mass is 16.5. The van der Waals surface area contributed by atoms with E-state index >= 15 is 0 Å². The van der Waals surface area contributed by atoms with Crippen molar-refractivity contribution in [1.82, 2.24) is 20.6 Å². The van der Waals surface area contributed by atoms with Gasteiger partial charge in [-0.2, -0.15) is 4.98 Å². The van der Waals surface area contributed by atoms with Gasteiger partial charge in [0.15, 0.2) is 11.5 Å². The molecule has 2 rings (SSSR count). The number of aromatic amines is 1. The van der Waals surface area contributed by atoms with E-state index in [-0.39, 0.29) is 61.5 Å². The molecule has 2 amide bonds. The maximum Gasteiger partial charge on any atom is 0.326 e. The molecule has 16 heteroatoms. The van der Waals surface area contributed by atoms with E-state index in [1.54, 1.807) is 19.1 Å². The third-order valence-electron chi connectivity index (χ3n) is 6.26. The highest BCUT2D eigenvalue weighted by molar-refractivity contribution is 5.97. The smallest absolute Gasteiger partial charge is 0.326 e. The fourth-order valence-corrected chi connectivity index (χ4v) is 3.80. The van der Waals surface area contributed by atoms with Gasteiger partial charge in [0.05, 0.1) is 39.6 Å². The molecular weight excluding hydrogens is 600 g/mol. The molecule has 0 bridgehead atoms. The summed E-state index contributed by atoms with van der Waals surface area (Å²) in [6.07, 6.45) is 1.94. The van der Waals surface area contributed by atoms with E-state index in [0.29, 0.717) is 37.8 Å². The zero-order valence-electron chi connectivity index (χ0n) is 26.3. The van der Waals surface area contributed by atoms with Gasteiger partial charge in [0.2, 0.25) is 11.9 Å². The van der Waals surface area contributed by atoms with Crippen molar-refractivity contribution < 1.29 is 33.7 Å². The van der Waals surface area contributed by atoms with E-state index in [0.717, 1.165) is 19.4 Å². The summed E-state index contributed by atoms with van der Waals surface area (Å²) in [5, 5.41) is 17.8. The Balaban J connectivity index is 1.71. The number of nitrogens with two attached hydrogens (primary N) is 1. The lowest BCUT2D eigenvalue weighted by atomic mass is 10.1. The molecule has 7 N–H and O–H groups in total. The lowest BCUT2D eigenvalue weighted by Gasteiger charge is -2.15. The minimum Gasteiger partial charge on any atom is -0.480 e. The Hall–Kier alpha value is -4.67. The Morgan fingerprint density at radius 3 is 2.35 bits per heavy atom. The number of aliphatic imine (C=N–C) groups is 2. The summed E-state index contributed by atoms with van der Waals surface area (Å²) in [5.41, 5.74) is 6.37. The third-order valence-corrected chi connectivity index (χ3v) is 6.26. The van der Waals surface area contributed by atoms with E-state index < -0.39 is 23.5 Å². The van der Waals surface area contributed by atoms with Crippen LogP contribution in [0.5, 0.6) is 0 Å². The average molecular weight is 645 g/mol. The highest BCUT2D eigenvalue weighted by Gasteiger charge is 2.21. The van der Waals surface area contributed by atoms with Crippen LogP contribution in [-0.2, 0) is 23.8 Å². The number of carbonyl (C=O) groups is 3. The number of hydrogen-bond acceptors (Lipinski definition) is 12. The molecule has 0 aliphatic carbocycles. The molecular formula is C30H44N8O8. The number of nitrogens with zero attached hydrogens (tertiary/aromatic N) is 3. The summed E-state index contributed by atoms with van der Waals surface area (Å²) < 4.78 is 16.2. The number of nitrogen functional groups attached to an aromatic ring is 1. The Kier molecular flexibility index (Phi) is 17.2. The van der Waals surface area contributed by atoms with Crippen LogP contribution in [0.4, 0.5) is 23.1 Å². The van der Waals surface area contributed by atoms with Gasteiger partial charge in [0.1, 0.15) is 6.04 Å². The number of amides is 2. The lowest BCUT2D eigenvalue weighted by molar-refractivity contribution is -0.139. The Morgan fingerprint density at radius 2 is 1.72 bits per heavy atom. The van der Waals surface area contributed by atoms with E-state index in [2.05, 4.69) is 49.5 Å². The number of nitrogens with one attached hydrogen (secondary N) is 4. The van der Waals surface area contributed by atoms with Crippen LogP contribution in [-0.4, -0.2) is 104 Å². The second-order valence-corrected chi connectivity index (χ2v) is 10.0. The molecule has 0 fully saturated rings. The standard InChI is InChI=1S/C30H44N8O8/c1-4-5-13-44-15-17-46-18-16-45-14-12-33-24(39)11-10-23(29(42)43)36-27(40)21-6-8-22(9-7-21)34-19-20(2)35-25-26(32-3)37-30(31)38-28(25)41/h6-9,23,34H,3-5,10-19H2,1-2H3,(H,33,39)(H,36,40)(H,42,43)(H3,31,37,38,41)/b35-20+. The molecule has 1 atom stereocenters. The van der Waals surface area contributed by atoms with Gasteiger partial charge in [-0.15, -0.1) is 0 Å². The Morgan fingerprint density at radius 1 is 1.07 bits per heavy atom. The van der Waals surface area contributed by atoms with Gasteiger partial charge in [0.25, 0.3) is 11.5 Å². The molecule has 0 radical (unpaired) electrons. The molecule has 1 heterocycles. The Labute approximate surface area is 267 Å². The topological polar surface area (TPSA) is 232 Å². The van der Waals surface area contributed by atoms with Crippen molar-refractivity contribution in [3.63, 3.8) is 0 Å². The number of carboxylic acids is 1. The van der Waals surface area contributed by atoms with Gasteiger partial charge in [0, 0.05) is 36.5 Å². The largest absolute Gasteiger partial charge is 0.480 e. The second kappa shape index (κ2) is 21.1.